The number of hydrogen-bond acceptors (Lipinski definition) is 3. The average Bonchev–Trinajstić information content (AvgIpc) is 2.67. The summed E-state index contributed by atoms with van der Waals surface area (Å²) in [6.07, 6.45) is 0.412. The molecule has 0 saturated carbocycles. The Morgan fingerprint density at radius 1 is 1.21 bits per heavy atom. The topological polar surface area (TPSA) is 86.7 Å². The Kier molecular flexibility index (Phi) is 5.78. The molecule has 28 heavy (non-hydrogen) atoms. The summed E-state index contributed by atoms with van der Waals surface area (Å²) in [5.74, 6) is -2.74. The third-order valence-corrected chi connectivity index (χ3v) is 5.18. The number of amides is 2. The number of benzene rings is 2. The van der Waals surface area contributed by atoms with E-state index in [1.165, 1.54) is 0 Å². The fourth-order valence-corrected chi connectivity index (χ4v) is 3.59. The van der Waals surface area contributed by atoms with Crippen LogP contribution in [0, 0.1) is 12.8 Å². The number of nitrogens with zero attached hydrogens (tertiary/aromatic N) is 1. The van der Waals surface area contributed by atoms with Gasteiger partial charge in [-0.25, -0.2) is 0 Å². The maximum absolute atomic E-state index is 12.8. The van der Waals surface area contributed by atoms with Crippen molar-refractivity contribution in [1.82, 2.24) is 5.32 Å². The van der Waals surface area contributed by atoms with Gasteiger partial charge < -0.3 is 15.3 Å². The minimum Gasteiger partial charge on any atom is -0.481 e. The van der Waals surface area contributed by atoms with E-state index < -0.39 is 17.8 Å². The monoisotopic (exact) mass is 380 g/mol. The molecule has 6 nitrogen and oxygen atoms in total. The maximum atomic E-state index is 12.8. The molecule has 146 valence electrons. The van der Waals surface area contributed by atoms with Crippen molar-refractivity contribution in [3.05, 3.63) is 65.2 Å². The number of para-hydroxylation sites is 1. The van der Waals surface area contributed by atoms with E-state index in [4.69, 9.17) is 0 Å². The van der Waals surface area contributed by atoms with Crippen LogP contribution >= 0.6 is 0 Å². The van der Waals surface area contributed by atoms with Gasteiger partial charge >= 0.3 is 5.97 Å². The number of carbonyl (C=O) groups excluding carboxylic acids is 2. The molecular formula is C22H24N2O4. The smallest absolute Gasteiger partial charge is 0.308 e. The number of rotatable bonds is 6. The largest absolute Gasteiger partial charge is 0.481 e. The van der Waals surface area contributed by atoms with Gasteiger partial charge in [0.1, 0.15) is 0 Å². The van der Waals surface area contributed by atoms with Crippen LogP contribution in [0.4, 0.5) is 5.69 Å². The first-order valence-corrected chi connectivity index (χ1v) is 9.28. The summed E-state index contributed by atoms with van der Waals surface area (Å²) >= 11 is 0. The molecule has 0 saturated heterocycles. The summed E-state index contributed by atoms with van der Waals surface area (Å²) in [6, 6.07) is 15.0. The second-order valence-electron chi connectivity index (χ2n) is 7.24. The highest BCUT2D eigenvalue weighted by Crippen LogP contribution is 2.35. The molecular weight excluding hydrogens is 356 g/mol. The molecule has 0 spiro atoms. The van der Waals surface area contributed by atoms with Crippen LogP contribution < -0.4 is 10.2 Å². The van der Waals surface area contributed by atoms with Gasteiger partial charge in [0.25, 0.3) is 0 Å². The fraction of sp³-hybridized carbons (Fsp3) is 0.318. The summed E-state index contributed by atoms with van der Waals surface area (Å²) in [4.78, 5) is 38.2. The molecule has 0 aromatic heterocycles. The van der Waals surface area contributed by atoms with E-state index in [1.54, 1.807) is 11.9 Å². The number of anilines is 1. The highest BCUT2D eigenvalue weighted by molar-refractivity contribution is 6.02. The zero-order chi connectivity index (χ0) is 20.3. The molecule has 6 heteroatoms. The van der Waals surface area contributed by atoms with Crippen LogP contribution in [-0.4, -0.2) is 36.5 Å². The number of carbonyl (C=O) groups is 3. The average molecular weight is 380 g/mol. The molecule has 0 fully saturated rings. The van der Waals surface area contributed by atoms with Crippen molar-refractivity contribution in [1.29, 1.82) is 0 Å². The summed E-state index contributed by atoms with van der Waals surface area (Å²) in [7, 11) is 1.69. The van der Waals surface area contributed by atoms with E-state index in [0.29, 0.717) is 12.1 Å². The van der Waals surface area contributed by atoms with Crippen LogP contribution in [0.5, 0.6) is 0 Å². The van der Waals surface area contributed by atoms with Crippen LogP contribution in [0.25, 0.3) is 0 Å². The van der Waals surface area contributed by atoms with Crippen molar-refractivity contribution in [3.63, 3.8) is 0 Å². The Morgan fingerprint density at radius 3 is 2.68 bits per heavy atom. The fourth-order valence-electron chi connectivity index (χ4n) is 3.59. The Labute approximate surface area is 164 Å². The third kappa shape index (κ3) is 4.22. The van der Waals surface area contributed by atoms with E-state index in [0.717, 1.165) is 16.7 Å². The van der Waals surface area contributed by atoms with Crippen molar-refractivity contribution in [3.8, 4) is 0 Å². The van der Waals surface area contributed by atoms with Gasteiger partial charge in [-0.3, -0.25) is 14.4 Å². The van der Waals surface area contributed by atoms with E-state index in [9.17, 15) is 19.5 Å². The molecule has 1 aliphatic heterocycles. The molecule has 0 unspecified atom stereocenters. The first-order valence-electron chi connectivity index (χ1n) is 9.28. The van der Waals surface area contributed by atoms with Gasteiger partial charge in [-0.15, -0.1) is 0 Å². The van der Waals surface area contributed by atoms with Crippen LogP contribution in [0.15, 0.2) is 48.5 Å². The lowest BCUT2D eigenvalue weighted by atomic mass is 9.88. The van der Waals surface area contributed by atoms with Crippen molar-refractivity contribution in [2.75, 3.05) is 18.5 Å². The van der Waals surface area contributed by atoms with Gasteiger partial charge in [-0.2, -0.15) is 0 Å². The quantitative estimate of drug-likeness (QED) is 0.806. The van der Waals surface area contributed by atoms with Gasteiger partial charge in [-0.05, 0) is 30.5 Å². The zero-order valence-corrected chi connectivity index (χ0v) is 16.0. The molecule has 2 atom stereocenters. The van der Waals surface area contributed by atoms with Gasteiger partial charge in [0.2, 0.25) is 11.8 Å². The number of carboxylic acids is 1. The number of aryl methyl sites for hydroxylation is 1. The Bertz CT molecular complexity index is 909. The zero-order valence-electron chi connectivity index (χ0n) is 16.0. The molecule has 3 rings (SSSR count). The minimum absolute atomic E-state index is 0.0187. The predicted molar refractivity (Wildman–Crippen MR) is 106 cm³/mol. The van der Waals surface area contributed by atoms with Crippen LogP contribution in [0.1, 0.15) is 29.0 Å². The molecule has 1 aliphatic rings. The molecule has 2 aromatic carbocycles. The lowest BCUT2D eigenvalue weighted by Gasteiger charge is -2.31. The van der Waals surface area contributed by atoms with Gasteiger partial charge in [0, 0.05) is 25.7 Å². The van der Waals surface area contributed by atoms with E-state index >= 15 is 0 Å². The Balaban J connectivity index is 1.70. The SMILES string of the molecule is Cc1cccc(C[C@H](CNC(=O)[C@@H]2CC(=O)N(C)c3ccccc32)C(=O)O)c1. The molecule has 2 N–H and O–H groups in total. The number of hydrogen-bond donors (Lipinski definition) is 2. The summed E-state index contributed by atoms with van der Waals surface area (Å²) in [6.45, 7) is 1.97. The number of carboxylic acid groups (broad SMARTS) is 1. The number of aliphatic carboxylic acids is 1. The van der Waals surface area contributed by atoms with E-state index in [2.05, 4.69) is 5.32 Å². The normalized spacial score (nSPS) is 17.0. The molecule has 1 heterocycles. The van der Waals surface area contributed by atoms with Gasteiger partial charge in [0.05, 0.1) is 11.8 Å². The Morgan fingerprint density at radius 2 is 1.96 bits per heavy atom. The van der Waals surface area contributed by atoms with Gasteiger partial charge in [0.15, 0.2) is 0 Å². The van der Waals surface area contributed by atoms with Crippen LogP contribution in [0.2, 0.25) is 0 Å². The van der Waals surface area contributed by atoms with Crippen LogP contribution in [-0.2, 0) is 20.8 Å². The highest BCUT2D eigenvalue weighted by Gasteiger charge is 2.34. The van der Waals surface area contributed by atoms with Gasteiger partial charge in [-0.1, -0.05) is 48.0 Å². The molecule has 0 radical (unpaired) electrons. The van der Waals surface area contributed by atoms with E-state index in [-0.39, 0.29) is 24.8 Å². The molecule has 2 amide bonds. The predicted octanol–water partition coefficient (Wildman–Crippen LogP) is 2.50. The standard InChI is InChI=1S/C22H24N2O4/c1-14-6-5-7-15(10-14)11-16(22(27)28)13-23-21(26)18-12-20(25)24(2)19-9-4-3-8-17(18)19/h3-10,16,18H,11-13H2,1-2H3,(H,23,26)(H,27,28)/t16-,18-/m1/s1. The summed E-state index contributed by atoms with van der Waals surface area (Å²) < 4.78 is 0. The van der Waals surface area contributed by atoms with E-state index in [1.807, 2.05) is 55.5 Å². The first kappa shape index (κ1) is 19.6. The minimum atomic E-state index is -0.957. The molecule has 0 bridgehead atoms. The molecule has 2 aromatic rings. The summed E-state index contributed by atoms with van der Waals surface area (Å²) in [5, 5.41) is 12.3. The lowest BCUT2D eigenvalue weighted by molar-refractivity contribution is -0.141. The lowest BCUT2D eigenvalue weighted by Crippen LogP contribution is -2.41. The maximum Gasteiger partial charge on any atom is 0.308 e. The Hall–Kier alpha value is -3.15. The first-order chi connectivity index (χ1) is 13.4. The second kappa shape index (κ2) is 8.25. The van der Waals surface area contributed by atoms with Crippen molar-refractivity contribution in [2.45, 2.75) is 25.7 Å². The highest BCUT2D eigenvalue weighted by atomic mass is 16.4. The summed E-state index contributed by atoms with van der Waals surface area (Å²) in [5.41, 5.74) is 3.48. The van der Waals surface area contributed by atoms with Crippen molar-refractivity contribution < 1.29 is 19.5 Å². The molecule has 0 aliphatic carbocycles. The van der Waals surface area contributed by atoms with Crippen molar-refractivity contribution >= 4 is 23.5 Å². The van der Waals surface area contributed by atoms with Crippen LogP contribution in [0.3, 0.4) is 0 Å². The van der Waals surface area contributed by atoms with Crippen molar-refractivity contribution in [2.24, 2.45) is 5.92 Å². The number of nitrogens with one attached hydrogen (secondary N) is 1. The second-order valence-corrected chi connectivity index (χ2v) is 7.24. The number of fused-ring (bicyclic) bond motifs is 1. The third-order valence-electron chi connectivity index (χ3n) is 5.18.